The quantitative estimate of drug-likeness (QED) is 0.747. The number of thioether (sulfide) groups is 1. The van der Waals surface area contributed by atoms with Gasteiger partial charge in [-0.1, -0.05) is 12.1 Å². The Bertz CT molecular complexity index is 1060. The molecular weight excluding hydrogens is 408 g/mol. The van der Waals surface area contributed by atoms with E-state index >= 15 is 0 Å². The number of aryl methyl sites for hydroxylation is 1. The van der Waals surface area contributed by atoms with Crippen LogP contribution in [-0.4, -0.2) is 31.2 Å². The van der Waals surface area contributed by atoms with Crippen LogP contribution in [0.3, 0.4) is 0 Å². The molecule has 0 spiro atoms. The predicted molar refractivity (Wildman–Crippen MR) is 116 cm³/mol. The topological polar surface area (TPSA) is 92.3 Å². The van der Waals surface area contributed by atoms with Crippen molar-refractivity contribution in [3.63, 3.8) is 0 Å². The van der Waals surface area contributed by atoms with Gasteiger partial charge in [0.15, 0.2) is 9.84 Å². The number of hydrogen-bond acceptors (Lipinski definition) is 5. The van der Waals surface area contributed by atoms with Crippen molar-refractivity contribution >= 4 is 44.8 Å². The molecule has 1 atom stereocenters. The van der Waals surface area contributed by atoms with Gasteiger partial charge < -0.3 is 10.6 Å². The minimum Gasteiger partial charge on any atom is -0.326 e. The number of sulfone groups is 1. The van der Waals surface area contributed by atoms with E-state index in [1.165, 1.54) is 30.8 Å². The highest BCUT2D eigenvalue weighted by atomic mass is 32.2. The van der Waals surface area contributed by atoms with E-state index in [-0.39, 0.29) is 23.1 Å². The van der Waals surface area contributed by atoms with E-state index in [0.29, 0.717) is 23.5 Å². The van der Waals surface area contributed by atoms with Crippen molar-refractivity contribution in [2.75, 3.05) is 16.4 Å². The SMILES string of the molecule is Cc1cccc(NC(=O)CC(C)S(=O)(=O)c2ccc3c(c2)NC(=O)CCS3)c1C. The average Bonchev–Trinajstić information content (AvgIpc) is 2.85. The van der Waals surface area contributed by atoms with Crippen molar-refractivity contribution in [2.24, 2.45) is 0 Å². The third-order valence-electron chi connectivity index (χ3n) is 5.02. The number of anilines is 2. The molecule has 1 unspecified atom stereocenters. The van der Waals surface area contributed by atoms with Gasteiger partial charge in [-0.15, -0.1) is 11.8 Å². The zero-order valence-corrected chi connectivity index (χ0v) is 18.2. The van der Waals surface area contributed by atoms with Crippen LogP contribution in [0.4, 0.5) is 11.4 Å². The first-order chi connectivity index (χ1) is 13.7. The van der Waals surface area contributed by atoms with Crippen LogP contribution >= 0.6 is 11.8 Å². The molecule has 1 aliphatic rings. The maximum atomic E-state index is 13.0. The zero-order valence-electron chi connectivity index (χ0n) is 16.6. The fraction of sp³-hybridized carbons (Fsp3) is 0.333. The Morgan fingerprint density at radius 2 is 2.00 bits per heavy atom. The third kappa shape index (κ3) is 4.82. The van der Waals surface area contributed by atoms with Gasteiger partial charge in [-0.05, 0) is 56.2 Å². The van der Waals surface area contributed by atoms with E-state index in [1.54, 1.807) is 12.1 Å². The summed E-state index contributed by atoms with van der Waals surface area (Å²) in [7, 11) is -3.73. The van der Waals surface area contributed by atoms with Gasteiger partial charge in [0, 0.05) is 29.2 Å². The number of benzene rings is 2. The minimum absolute atomic E-state index is 0.103. The lowest BCUT2D eigenvalue weighted by atomic mass is 10.1. The zero-order chi connectivity index (χ0) is 21.2. The van der Waals surface area contributed by atoms with Gasteiger partial charge in [-0.3, -0.25) is 9.59 Å². The van der Waals surface area contributed by atoms with E-state index in [9.17, 15) is 18.0 Å². The molecular formula is C21H24N2O4S2. The van der Waals surface area contributed by atoms with Crippen molar-refractivity contribution < 1.29 is 18.0 Å². The maximum Gasteiger partial charge on any atom is 0.225 e. The van der Waals surface area contributed by atoms with Crippen LogP contribution in [0.1, 0.15) is 30.9 Å². The molecule has 0 fully saturated rings. The smallest absolute Gasteiger partial charge is 0.225 e. The summed E-state index contributed by atoms with van der Waals surface area (Å²) in [6, 6.07) is 10.3. The molecule has 6 nitrogen and oxygen atoms in total. The first-order valence-corrected chi connectivity index (χ1v) is 11.9. The van der Waals surface area contributed by atoms with Crippen molar-refractivity contribution in [1.29, 1.82) is 0 Å². The maximum absolute atomic E-state index is 13.0. The Hall–Kier alpha value is -2.32. The highest BCUT2D eigenvalue weighted by molar-refractivity contribution is 7.99. The summed E-state index contributed by atoms with van der Waals surface area (Å²) >= 11 is 1.51. The minimum atomic E-state index is -3.73. The van der Waals surface area contributed by atoms with Crippen molar-refractivity contribution in [1.82, 2.24) is 0 Å². The molecule has 0 saturated carbocycles. The van der Waals surface area contributed by atoms with Crippen LogP contribution in [0.5, 0.6) is 0 Å². The van der Waals surface area contributed by atoms with Crippen LogP contribution in [0.2, 0.25) is 0 Å². The molecule has 0 aliphatic carbocycles. The molecule has 8 heteroatoms. The molecule has 1 heterocycles. The number of fused-ring (bicyclic) bond motifs is 1. The molecule has 1 aliphatic heterocycles. The summed E-state index contributed by atoms with van der Waals surface area (Å²) < 4.78 is 26.0. The molecule has 2 aromatic rings. The van der Waals surface area contributed by atoms with Crippen molar-refractivity contribution in [3.8, 4) is 0 Å². The monoisotopic (exact) mass is 432 g/mol. The molecule has 0 aromatic heterocycles. The summed E-state index contributed by atoms with van der Waals surface area (Å²) in [6.07, 6.45) is 0.226. The first-order valence-electron chi connectivity index (χ1n) is 9.35. The molecule has 0 saturated heterocycles. The lowest BCUT2D eigenvalue weighted by Gasteiger charge is -2.16. The van der Waals surface area contributed by atoms with Crippen LogP contribution < -0.4 is 10.6 Å². The largest absolute Gasteiger partial charge is 0.326 e. The molecule has 154 valence electrons. The van der Waals surface area contributed by atoms with Crippen LogP contribution in [0.15, 0.2) is 46.2 Å². The van der Waals surface area contributed by atoms with E-state index in [2.05, 4.69) is 10.6 Å². The summed E-state index contributed by atoms with van der Waals surface area (Å²) in [5.74, 6) is 0.167. The summed E-state index contributed by atoms with van der Waals surface area (Å²) in [5, 5.41) is 4.66. The standard InChI is InChI=1S/C21H24N2O4S2/c1-13-5-4-6-17(15(13)3)22-21(25)11-14(2)29(26,27)16-7-8-19-18(12-16)23-20(24)9-10-28-19/h4-8,12,14H,9-11H2,1-3H3,(H,22,25)(H,23,24). The Labute approximate surface area is 175 Å². The van der Waals surface area contributed by atoms with Crippen LogP contribution in [0, 0.1) is 13.8 Å². The molecule has 2 amide bonds. The Morgan fingerprint density at radius 3 is 2.76 bits per heavy atom. The van der Waals surface area contributed by atoms with E-state index < -0.39 is 15.1 Å². The number of carbonyl (C=O) groups is 2. The number of amides is 2. The van der Waals surface area contributed by atoms with Gasteiger partial charge in [0.05, 0.1) is 15.8 Å². The number of hydrogen-bond donors (Lipinski definition) is 2. The molecule has 3 rings (SSSR count). The summed E-state index contributed by atoms with van der Waals surface area (Å²) in [6.45, 7) is 5.39. The summed E-state index contributed by atoms with van der Waals surface area (Å²) in [4.78, 5) is 25.2. The molecule has 2 N–H and O–H groups in total. The van der Waals surface area contributed by atoms with Crippen LogP contribution in [0.25, 0.3) is 0 Å². The number of rotatable bonds is 5. The van der Waals surface area contributed by atoms with E-state index in [1.807, 2.05) is 26.0 Å². The second-order valence-electron chi connectivity index (χ2n) is 7.16. The molecule has 2 aromatic carbocycles. The summed E-state index contributed by atoms with van der Waals surface area (Å²) in [5.41, 5.74) is 3.19. The first kappa shape index (κ1) is 21.4. The van der Waals surface area contributed by atoms with Crippen molar-refractivity contribution in [2.45, 2.75) is 48.7 Å². The Balaban J connectivity index is 1.76. The number of carbonyl (C=O) groups excluding carboxylic acids is 2. The van der Waals surface area contributed by atoms with E-state index in [4.69, 9.17) is 0 Å². The molecule has 29 heavy (non-hydrogen) atoms. The Kier molecular flexibility index (Phi) is 6.33. The van der Waals surface area contributed by atoms with Gasteiger partial charge >= 0.3 is 0 Å². The fourth-order valence-electron chi connectivity index (χ4n) is 3.07. The lowest BCUT2D eigenvalue weighted by molar-refractivity contribution is -0.116. The van der Waals surface area contributed by atoms with Gasteiger partial charge in [0.25, 0.3) is 0 Å². The number of nitrogens with one attached hydrogen (secondary N) is 2. The Morgan fingerprint density at radius 1 is 1.24 bits per heavy atom. The van der Waals surface area contributed by atoms with Gasteiger partial charge in [0.1, 0.15) is 0 Å². The van der Waals surface area contributed by atoms with Gasteiger partial charge in [-0.25, -0.2) is 8.42 Å². The van der Waals surface area contributed by atoms with Gasteiger partial charge in [0.2, 0.25) is 11.8 Å². The highest BCUT2D eigenvalue weighted by Gasteiger charge is 2.27. The third-order valence-corrected chi connectivity index (χ3v) is 8.23. The van der Waals surface area contributed by atoms with E-state index in [0.717, 1.165) is 16.0 Å². The average molecular weight is 433 g/mol. The van der Waals surface area contributed by atoms with Gasteiger partial charge in [-0.2, -0.15) is 0 Å². The molecule has 0 radical (unpaired) electrons. The second-order valence-corrected chi connectivity index (χ2v) is 10.7. The van der Waals surface area contributed by atoms with Crippen molar-refractivity contribution in [3.05, 3.63) is 47.5 Å². The fourth-order valence-corrected chi connectivity index (χ4v) is 5.38. The predicted octanol–water partition coefficient (Wildman–Crippen LogP) is 3.93. The second kappa shape index (κ2) is 8.59. The van der Waals surface area contributed by atoms with Crippen LogP contribution in [-0.2, 0) is 19.4 Å². The highest BCUT2D eigenvalue weighted by Crippen LogP contribution is 2.33. The lowest BCUT2D eigenvalue weighted by Crippen LogP contribution is -2.25. The normalized spacial score (nSPS) is 15.1. The molecule has 0 bridgehead atoms.